The largest absolute Gasteiger partial charge is 0.494 e. The molecule has 0 atom stereocenters. The smallest absolute Gasteiger partial charge is 0.179 e. The van der Waals surface area contributed by atoms with Gasteiger partial charge < -0.3 is 9.64 Å². The van der Waals surface area contributed by atoms with Crippen LogP contribution in [0.15, 0.2) is 30.9 Å². The molecule has 0 unspecified atom stereocenters. The Morgan fingerprint density at radius 3 is 2.53 bits per heavy atom. The average Bonchev–Trinajstić information content (AvgIpc) is 3.39. The van der Waals surface area contributed by atoms with E-state index >= 15 is 0 Å². The highest BCUT2D eigenvalue weighted by Gasteiger charge is 2.35. The van der Waals surface area contributed by atoms with Crippen LogP contribution in [-0.4, -0.2) is 68.5 Å². The molecule has 0 aliphatic carbocycles. The SMILES string of the molecule is COc1cc(-c2cnn(C3CN(C4CCN(C#N)CC4)C3)c2)cn2ncc(C#N)c12. The number of pyridine rings is 1. The van der Waals surface area contributed by atoms with E-state index in [1.807, 2.05) is 28.0 Å². The summed E-state index contributed by atoms with van der Waals surface area (Å²) in [4.78, 5) is 4.35. The highest BCUT2D eigenvalue weighted by molar-refractivity contribution is 5.74. The predicted octanol–water partition coefficient (Wildman–Crippen LogP) is 1.88. The molecule has 152 valence electrons. The van der Waals surface area contributed by atoms with Crippen molar-refractivity contribution in [2.75, 3.05) is 33.3 Å². The third-order valence-electron chi connectivity index (χ3n) is 6.24. The fraction of sp³-hybridized carbons (Fsp3) is 0.429. The molecule has 5 rings (SSSR count). The molecule has 0 amide bonds. The first-order valence-corrected chi connectivity index (χ1v) is 10.1. The lowest BCUT2D eigenvalue weighted by Crippen LogP contribution is -2.55. The molecular weight excluding hydrogens is 380 g/mol. The average molecular weight is 402 g/mol. The van der Waals surface area contributed by atoms with Gasteiger partial charge in [-0.1, -0.05) is 0 Å². The zero-order chi connectivity index (χ0) is 20.7. The molecule has 0 radical (unpaired) electrons. The number of hydrogen-bond donors (Lipinski definition) is 0. The van der Waals surface area contributed by atoms with Gasteiger partial charge >= 0.3 is 0 Å². The second-order valence-corrected chi connectivity index (χ2v) is 7.90. The Hall–Kier alpha value is -3.56. The minimum Gasteiger partial charge on any atom is -0.494 e. The molecule has 9 nitrogen and oxygen atoms in total. The standard InChI is InChI=1S/C21H22N8O/c1-30-20-6-15(10-29-21(20)16(7-22)8-25-29)17-9-24-28(11-17)19-12-27(13-19)18-2-4-26(14-23)5-3-18/h6,8-11,18-19H,2-5,12-13H2,1H3. The molecule has 3 aromatic heterocycles. The summed E-state index contributed by atoms with van der Waals surface area (Å²) in [6.45, 7) is 3.70. The van der Waals surface area contributed by atoms with Crippen LogP contribution >= 0.6 is 0 Å². The summed E-state index contributed by atoms with van der Waals surface area (Å²) in [6.07, 6.45) is 11.7. The lowest BCUT2D eigenvalue weighted by atomic mass is 9.98. The van der Waals surface area contributed by atoms with Crippen molar-refractivity contribution in [1.82, 2.24) is 29.2 Å². The number of nitrogens with zero attached hydrogens (tertiary/aromatic N) is 8. The molecule has 2 fully saturated rings. The Bertz CT molecular complexity index is 1150. The summed E-state index contributed by atoms with van der Waals surface area (Å²) in [6, 6.07) is 5.02. The highest BCUT2D eigenvalue weighted by Crippen LogP contribution is 2.32. The highest BCUT2D eigenvalue weighted by atomic mass is 16.5. The second-order valence-electron chi connectivity index (χ2n) is 7.90. The maximum Gasteiger partial charge on any atom is 0.179 e. The van der Waals surface area contributed by atoms with Crippen molar-refractivity contribution in [1.29, 1.82) is 10.5 Å². The van der Waals surface area contributed by atoms with Gasteiger partial charge in [-0.2, -0.15) is 20.7 Å². The Morgan fingerprint density at radius 2 is 1.83 bits per heavy atom. The molecule has 2 aliphatic rings. The first-order valence-electron chi connectivity index (χ1n) is 10.1. The fourth-order valence-corrected chi connectivity index (χ4v) is 4.45. The lowest BCUT2D eigenvalue weighted by molar-refractivity contribution is 0.0280. The number of methoxy groups -OCH3 is 1. The summed E-state index contributed by atoms with van der Waals surface area (Å²) in [5, 5.41) is 27.2. The minimum absolute atomic E-state index is 0.369. The maximum atomic E-state index is 9.28. The number of aromatic nitrogens is 4. The van der Waals surface area contributed by atoms with Crippen LogP contribution in [0.3, 0.4) is 0 Å². The normalized spacial score (nSPS) is 18.2. The molecule has 0 spiro atoms. The van der Waals surface area contributed by atoms with Gasteiger partial charge in [0.2, 0.25) is 0 Å². The molecule has 0 aromatic carbocycles. The topological polar surface area (TPSA) is 98.4 Å². The summed E-state index contributed by atoms with van der Waals surface area (Å²) >= 11 is 0. The third kappa shape index (κ3) is 3.04. The van der Waals surface area contributed by atoms with Crippen molar-refractivity contribution in [2.24, 2.45) is 0 Å². The Morgan fingerprint density at radius 1 is 1.03 bits per heavy atom. The van der Waals surface area contributed by atoms with E-state index in [1.54, 1.807) is 17.8 Å². The van der Waals surface area contributed by atoms with E-state index in [2.05, 4.69) is 33.6 Å². The van der Waals surface area contributed by atoms with Crippen LogP contribution in [-0.2, 0) is 0 Å². The Balaban J connectivity index is 1.30. The van der Waals surface area contributed by atoms with E-state index in [4.69, 9.17) is 10.00 Å². The zero-order valence-electron chi connectivity index (χ0n) is 16.8. The molecule has 30 heavy (non-hydrogen) atoms. The summed E-state index contributed by atoms with van der Waals surface area (Å²) in [5.74, 6) is 0.618. The van der Waals surface area contributed by atoms with Gasteiger partial charge in [0, 0.05) is 55.7 Å². The summed E-state index contributed by atoms with van der Waals surface area (Å²) in [5.41, 5.74) is 3.10. The van der Waals surface area contributed by atoms with Gasteiger partial charge in [0.05, 0.1) is 25.5 Å². The second kappa shape index (κ2) is 7.36. The number of nitriles is 2. The van der Waals surface area contributed by atoms with E-state index in [1.165, 1.54) is 0 Å². The quantitative estimate of drug-likeness (QED) is 0.615. The summed E-state index contributed by atoms with van der Waals surface area (Å²) < 4.78 is 9.23. The van der Waals surface area contributed by atoms with Gasteiger partial charge in [-0.3, -0.25) is 9.58 Å². The van der Waals surface area contributed by atoms with Crippen LogP contribution in [0.2, 0.25) is 0 Å². The van der Waals surface area contributed by atoms with Crippen molar-refractivity contribution in [3.63, 3.8) is 0 Å². The van der Waals surface area contributed by atoms with Crippen molar-refractivity contribution < 1.29 is 4.74 Å². The number of likely N-dealkylation sites (tertiary alicyclic amines) is 2. The van der Waals surface area contributed by atoms with E-state index in [0.29, 0.717) is 28.9 Å². The van der Waals surface area contributed by atoms with Gasteiger partial charge in [-0.05, 0) is 18.9 Å². The van der Waals surface area contributed by atoms with E-state index < -0.39 is 0 Å². The first-order chi connectivity index (χ1) is 14.7. The van der Waals surface area contributed by atoms with E-state index in [0.717, 1.165) is 50.1 Å². The van der Waals surface area contributed by atoms with Gasteiger partial charge in [0.1, 0.15) is 22.9 Å². The van der Waals surface area contributed by atoms with Gasteiger partial charge in [-0.15, -0.1) is 0 Å². The molecule has 0 bridgehead atoms. The summed E-state index contributed by atoms with van der Waals surface area (Å²) in [7, 11) is 1.60. The van der Waals surface area contributed by atoms with Crippen LogP contribution in [0, 0.1) is 22.8 Å². The van der Waals surface area contributed by atoms with Crippen LogP contribution in [0.25, 0.3) is 16.6 Å². The van der Waals surface area contributed by atoms with Gasteiger partial charge in [-0.25, -0.2) is 4.52 Å². The Labute approximate surface area is 174 Å². The molecule has 5 heterocycles. The number of fused-ring (bicyclic) bond motifs is 1. The third-order valence-corrected chi connectivity index (χ3v) is 6.24. The Kier molecular flexibility index (Phi) is 4.53. The first kappa shape index (κ1) is 18.5. The van der Waals surface area contributed by atoms with Crippen LogP contribution in [0.5, 0.6) is 5.75 Å². The van der Waals surface area contributed by atoms with E-state index in [9.17, 15) is 5.26 Å². The van der Waals surface area contributed by atoms with Crippen LogP contribution in [0.1, 0.15) is 24.4 Å². The van der Waals surface area contributed by atoms with Crippen molar-refractivity contribution >= 4 is 5.52 Å². The zero-order valence-corrected chi connectivity index (χ0v) is 16.8. The van der Waals surface area contributed by atoms with Crippen LogP contribution in [0.4, 0.5) is 0 Å². The monoisotopic (exact) mass is 402 g/mol. The lowest BCUT2D eigenvalue weighted by Gasteiger charge is -2.46. The predicted molar refractivity (Wildman–Crippen MR) is 108 cm³/mol. The van der Waals surface area contributed by atoms with E-state index in [-0.39, 0.29) is 0 Å². The molecule has 3 aromatic rings. The molecule has 0 N–H and O–H groups in total. The number of piperidine rings is 1. The maximum absolute atomic E-state index is 9.28. The van der Waals surface area contributed by atoms with Crippen molar-refractivity contribution in [3.8, 4) is 29.1 Å². The molecule has 2 aliphatic heterocycles. The van der Waals surface area contributed by atoms with Gasteiger partial charge in [0.25, 0.3) is 0 Å². The van der Waals surface area contributed by atoms with Crippen LogP contribution < -0.4 is 4.74 Å². The molecule has 0 saturated carbocycles. The van der Waals surface area contributed by atoms with Gasteiger partial charge in [0.15, 0.2) is 6.19 Å². The van der Waals surface area contributed by atoms with Crippen molar-refractivity contribution in [2.45, 2.75) is 24.9 Å². The number of hydrogen-bond acceptors (Lipinski definition) is 7. The number of ether oxygens (including phenoxy) is 1. The van der Waals surface area contributed by atoms with Crippen molar-refractivity contribution in [3.05, 3.63) is 36.4 Å². The molecular formula is C21H22N8O. The molecule has 2 saturated heterocycles. The molecule has 9 heteroatoms. The minimum atomic E-state index is 0.369. The fourth-order valence-electron chi connectivity index (χ4n) is 4.45. The number of rotatable bonds is 4.